The minimum absolute atomic E-state index is 0.105. The van der Waals surface area contributed by atoms with Crippen LogP contribution in [0.5, 0.6) is 0 Å². The second-order valence-corrected chi connectivity index (χ2v) is 5.25. The number of thiocarbonyl (C=S) groups is 1. The fourth-order valence-corrected chi connectivity index (χ4v) is 2.21. The van der Waals surface area contributed by atoms with Crippen molar-refractivity contribution in [3.8, 4) is 0 Å². The van der Waals surface area contributed by atoms with Gasteiger partial charge in [-0.3, -0.25) is 4.79 Å². The number of hydrogen-bond acceptors (Lipinski definition) is 2. The summed E-state index contributed by atoms with van der Waals surface area (Å²) in [5.41, 5.74) is 5.84. The van der Waals surface area contributed by atoms with E-state index in [1.807, 2.05) is 6.92 Å². The van der Waals surface area contributed by atoms with Crippen LogP contribution in [0.1, 0.15) is 30.1 Å². The van der Waals surface area contributed by atoms with Crippen molar-refractivity contribution in [2.45, 2.75) is 25.8 Å². The number of rotatable bonds is 5. The van der Waals surface area contributed by atoms with Gasteiger partial charge in [0.2, 0.25) is 0 Å². The number of carbonyl (C=O) groups excluding carboxylic acids is 1. The third-order valence-electron chi connectivity index (χ3n) is 2.45. The molecule has 0 spiro atoms. The molecule has 0 saturated heterocycles. The Morgan fingerprint density at radius 2 is 2.28 bits per heavy atom. The Morgan fingerprint density at radius 1 is 1.61 bits per heavy atom. The summed E-state index contributed by atoms with van der Waals surface area (Å²) in [6.45, 7) is 1.93. The second kappa shape index (κ2) is 6.80. The van der Waals surface area contributed by atoms with Gasteiger partial charge in [0.05, 0.1) is 10.6 Å². The molecule has 0 saturated carbocycles. The average molecular weight is 333 g/mol. The summed E-state index contributed by atoms with van der Waals surface area (Å²) < 4.78 is 13.3. The Labute approximate surface area is 119 Å². The molecule has 0 aromatic heterocycles. The molecule has 1 atom stereocenters. The van der Waals surface area contributed by atoms with Gasteiger partial charge in [0, 0.05) is 16.9 Å². The highest BCUT2D eigenvalue weighted by atomic mass is 79.9. The summed E-state index contributed by atoms with van der Waals surface area (Å²) >= 11 is 7.98. The summed E-state index contributed by atoms with van der Waals surface area (Å²) in [6, 6.07) is 3.83. The van der Waals surface area contributed by atoms with Crippen molar-refractivity contribution in [1.82, 2.24) is 5.32 Å². The molecule has 0 radical (unpaired) electrons. The Hall–Kier alpha value is -1.01. The SMILES string of the molecule is CCC(CC(N)=S)NC(=O)c1ccc(F)cc1Br. The summed E-state index contributed by atoms with van der Waals surface area (Å²) in [5.74, 6) is -0.668. The first-order valence-corrected chi connectivity index (χ1v) is 6.68. The average Bonchev–Trinajstić information content (AvgIpc) is 2.27. The highest BCUT2D eigenvalue weighted by molar-refractivity contribution is 9.10. The number of nitrogens with two attached hydrogens (primary N) is 1. The van der Waals surface area contributed by atoms with Gasteiger partial charge in [0.15, 0.2) is 0 Å². The normalized spacial score (nSPS) is 11.9. The molecule has 1 aromatic carbocycles. The molecule has 0 aliphatic carbocycles. The Bertz CT molecular complexity index is 467. The van der Waals surface area contributed by atoms with Gasteiger partial charge in [-0.1, -0.05) is 19.1 Å². The molecule has 0 bridgehead atoms. The molecule has 3 N–H and O–H groups in total. The Morgan fingerprint density at radius 3 is 2.78 bits per heavy atom. The van der Waals surface area contributed by atoms with Crippen LogP contribution in [0.2, 0.25) is 0 Å². The van der Waals surface area contributed by atoms with Crippen LogP contribution in [0.25, 0.3) is 0 Å². The molecule has 1 unspecified atom stereocenters. The van der Waals surface area contributed by atoms with Gasteiger partial charge in [0.1, 0.15) is 5.82 Å². The third kappa shape index (κ3) is 4.34. The molecule has 3 nitrogen and oxygen atoms in total. The number of carbonyl (C=O) groups is 1. The van der Waals surface area contributed by atoms with Crippen LogP contribution in [0.15, 0.2) is 22.7 Å². The molecule has 98 valence electrons. The lowest BCUT2D eigenvalue weighted by molar-refractivity contribution is 0.0936. The van der Waals surface area contributed by atoms with E-state index in [4.69, 9.17) is 18.0 Å². The second-order valence-electron chi connectivity index (χ2n) is 3.87. The third-order valence-corrected chi connectivity index (χ3v) is 3.27. The first-order valence-electron chi connectivity index (χ1n) is 5.48. The predicted octanol–water partition coefficient (Wildman–Crippen LogP) is 2.77. The van der Waals surface area contributed by atoms with E-state index in [0.717, 1.165) is 6.42 Å². The molecule has 18 heavy (non-hydrogen) atoms. The summed E-state index contributed by atoms with van der Waals surface area (Å²) in [6.07, 6.45) is 1.18. The van der Waals surface area contributed by atoms with Gasteiger partial charge in [-0.25, -0.2) is 4.39 Å². The van der Waals surface area contributed by atoms with Crippen LogP contribution in [-0.2, 0) is 0 Å². The van der Waals surface area contributed by atoms with E-state index in [0.29, 0.717) is 21.4 Å². The molecule has 0 aliphatic rings. The zero-order valence-electron chi connectivity index (χ0n) is 9.87. The van der Waals surface area contributed by atoms with E-state index in [9.17, 15) is 9.18 Å². The van der Waals surface area contributed by atoms with Crippen molar-refractivity contribution in [3.63, 3.8) is 0 Å². The monoisotopic (exact) mass is 332 g/mol. The van der Waals surface area contributed by atoms with E-state index in [1.165, 1.54) is 18.2 Å². The van der Waals surface area contributed by atoms with Gasteiger partial charge in [-0.2, -0.15) is 0 Å². The zero-order chi connectivity index (χ0) is 13.7. The minimum Gasteiger partial charge on any atom is -0.393 e. The fourth-order valence-electron chi connectivity index (χ4n) is 1.48. The number of nitrogens with one attached hydrogen (secondary N) is 1. The minimum atomic E-state index is -0.395. The smallest absolute Gasteiger partial charge is 0.252 e. The van der Waals surface area contributed by atoms with Crippen LogP contribution in [-0.4, -0.2) is 16.9 Å². The maximum Gasteiger partial charge on any atom is 0.252 e. The standard InChI is InChI=1S/C12H14BrFN2OS/c1-2-8(6-11(15)18)16-12(17)9-4-3-7(14)5-10(9)13/h3-5,8H,2,6H2,1H3,(H2,15,18)(H,16,17). The van der Waals surface area contributed by atoms with E-state index in [-0.39, 0.29) is 11.9 Å². The predicted molar refractivity (Wildman–Crippen MR) is 77.0 cm³/mol. The van der Waals surface area contributed by atoms with Crippen molar-refractivity contribution in [3.05, 3.63) is 34.1 Å². The summed E-state index contributed by atoms with van der Waals surface area (Å²) in [4.78, 5) is 12.3. The fraction of sp³-hybridized carbons (Fsp3) is 0.333. The topological polar surface area (TPSA) is 55.1 Å². The van der Waals surface area contributed by atoms with Crippen LogP contribution in [0.3, 0.4) is 0 Å². The quantitative estimate of drug-likeness (QED) is 0.815. The highest BCUT2D eigenvalue weighted by Gasteiger charge is 2.15. The van der Waals surface area contributed by atoms with Gasteiger partial charge in [-0.05, 0) is 40.5 Å². The first-order chi connectivity index (χ1) is 8.43. The van der Waals surface area contributed by atoms with Crippen LogP contribution in [0, 0.1) is 5.82 Å². The van der Waals surface area contributed by atoms with E-state index in [1.54, 1.807) is 0 Å². The number of hydrogen-bond donors (Lipinski definition) is 2. The van der Waals surface area contributed by atoms with E-state index < -0.39 is 5.82 Å². The Balaban J connectivity index is 2.77. The molecular weight excluding hydrogens is 319 g/mol. The molecule has 0 fully saturated rings. The summed E-state index contributed by atoms with van der Waals surface area (Å²) in [5, 5.41) is 2.82. The molecule has 6 heteroatoms. The molecular formula is C12H14BrFN2OS. The number of benzene rings is 1. The number of amides is 1. The molecule has 1 rings (SSSR count). The van der Waals surface area contributed by atoms with Crippen LogP contribution in [0.4, 0.5) is 4.39 Å². The van der Waals surface area contributed by atoms with Crippen molar-refractivity contribution in [2.24, 2.45) is 5.73 Å². The maximum atomic E-state index is 12.9. The van der Waals surface area contributed by atoms with E-state index in [2.05, 4.69) is 21.2 Å². The van der Waals surface area contributed by atoms with Crippen molar-refractivity contribution < 1.29 is 9.18 Å². The van der Waals surface area contributed by atoms with Gasteiger partial charge in [0.25, 0.3) is 5.91 Å². The van der Waals surface area contributed by atoms with Gasteiger partial charge < -0.3 is 11.1 Å². The molecule has 0 heterocycles. The lowest BCUT2D eigenvalue weighted by Crippen LogP contribution is -2.37. The summed E-state index contributed by atoms with van der Waals surface area (Å²) in [7, 11) is 0. The molecule has 1 amide bonds. The largest absolute Gasteiger partial charge is 0.393 e. The Kier molecular flexibility index (Phi) is 5.68. The molecule has 1 aromatic rings. The zero-order valence-corrected chi connectivity index (χ0v) is 12.3. The van der Waals surface area contributed by atoms with Crippen LogP contribution < -0.4 is 11.1 Å². The maximum absolute atomic E-state index is 12.9. The van der Waals surface area contributed by atoms with E-state index >= 15 is 0 Å². The van der Waals surface area contributed by atoms with Crippen molar-refractivity contribution >= 4 is 39.0 Å². The lowest BCUT2D eigenvalue weighted by atomic mass is 10.1. The lowest BCUT2D eigenvalue weighted by Gasteiger charge is -2.16. The first kappa shape index (κ1) is 15.0. The number of halogens is 2. The highest BCUT2D eigenvalue weighted by Crippen LogP contribution is 2.18. The molecule has 0 aliphatic heterocycles. The van der Waals surface area contributed by atoms with Crippen LogP contribution >= 0.6 is 28.1 Å². The van der Waals surface area contributed by atoms with Gasteiger partial charge in [-0.15, -0.1) is 0 Å². The van der Waals surface area contributed by atoms with Crippen molar-refractivity contribution in [1.29, 1.82) is 0 Å². The van der Waals surface area contributed by atoms with Crippen molar-refractivity contribution in [2.75, 3.05) is 0 Å². The van der Waals surface area contributed by atoms with Gasteiger partial charge >= 0.3 is 0 Å².